The van der Waals surface area contributed by atoms with Gasteiger partial charge in [0.15, 0.2) is 0 Å². The van der Waals surface area contributed by atoms with Crippen molar-refractivity contribution in [2.24, 2.45) is 5.10 Å². The van der Waals surface area contributed by atoms with Gasteiger partial charge in [-0.1, -0.05) is 18.2 Å². The van der Waals surface area contributed by atoms with Gasteiger partial charge in [0.2, 0.25) is 0 Å². The molecule has 1 aromatic rings. The van der Waals surface area contributed by atoms with E-state index in [0.29, 0.717) is 0 Å². The Hall–Kier alpha value is -2.14. The molecule has 2 aliphatic heterocycles. The first kappa shape index (κ1) is 13.8. The maximum atomic E-state index is 11.8. The van der Waals surface area contributed by atoms with E-state index >= 15 is 0 Å². The van der Waals surface area contributed by atoms with Gasteiger partial charge in [0, 0.05) is 11.1 Å². The molecule has 1 aromatic carbocycles. The molecule has 5 nitrogen and oxygen atoms in total. The molecule has 0 spiro atoms. The topological polar surface area (TPSA) is 62.7 Å². The highest BCUT2D eigenvalue weighted by Crippen LogP contribution is 2.28. The van der Waals surface area contributed by atoms with E-state index in [4.69, 9.17) is 4.74 Å². The zero-order chi connectivity index (χ0) is 14.7. The van der Waals surface area contributed by atoms with Crippen LogP contribution in [-0.4, -0.2) is 30.8 Å². The Labute approximate surface area is 124 Å². The monoisotopic (exact) mass is 285 g/mol. The number of nitrogens with zero attached hydrogens (tertiary/aromatic N) is 1. The average molecular weight is 285 g/mol. The fourth-order valence-corrected chi connectivity index (χ4v) is 2.56. The van der Waals surface area contributed by atoms with E-state index in [9.17, 15) is 4.79 Å². The van der Waals surface area contributed by atoms with E-state index in [-0.39, 0.29) is 18.1 Å². The highest BCUT2D eigenvalue weighted by atomic mass is 16.5. The summed E-state index contributed by atoms with van der Waals surface area (Å²) in [7, 11) is 0. The summed E-state index contributed by atoms with van der Waals surface area (Å²) < 4.78 is 5.82. The molecule has 0 aromatic heterocycles. The molecule has 21 heavy (non-hydrogen) atoms. The van der Waals surface area contributed by atoms with Gasteiger partial charge in [-0.15, -0.1) is 0 Å². The molecule has 2 atom stereocenters. The fraction of sp³-hybridized carbons (Fsp3) is 0.375. The van der Waals surface area contributed by atoms with Crippen LogP contribution in [-0.2, 0) is 4.79 Å². The third-order valence-corrected chi connectivity index (χ3v) is 3.78. The van der Waals surface area contributed by atoms with Crippen LogP contribution in [0.5, 0.6) is 5.75 Å². The molecular formula is C16H19N3O2. The summed E-state index contributed by atoms with van der Waals surface area (Å²) in [5, 5.41) is 7.19. The van der Waals surface area contributed by atoms with Gasteiger partial charge in [-0.3, -0.25) is 4.79 Å². The second-order valence-corrected chi connectivity index (χ2v) is 5.33. The minimum atomic E-state index is -0.114. The minimum absolute atomic E-state index is 0.0749. The van der Waals surface area contributed by atoms with Crippen LogP contribution < -0.4 is 15.5 Å². The first-order valence-corrected chi connectivity index (χ1v) is 7.27. The number of para-hydroxylation sites is 1. The molecule has 1 unspecified atom stereocenters. The Morgan fingerprint density at radius 3 is 3.14 bits per heavy atom. The van der Waals surface area contributed by atoms with Gasteiger partial charge in [0.05, 0.1) is 12.3 Å². The molecule has 2 heterocycles. The predicted molar refractivity (Wildman–Crippen MR) is 82.2 cm³/mol. The molecule has 1 amide bonds. The number of ether oxygens (including phenoxy) is 1. The number of fused-ring (bicyclic) bond motifs is 1. The van der Waals surface area contributed by atoms with Gasteiger partial charge < -0.3 is 10.1 Å². The summed E-state index contributed by atoms with van der Waals surface area (Å²) in [4.78, 5) is 11.8. The van der Waals surface area contributed by atoms with Gasteiger partial charge in [0.25, 0.3) is 5.91 Å². The normalized spacial score (nSPS) is 24.3. The van der Waals surface area contributed by atoms with Crippen LogP contribution in [0.25, 0.3) is 6.08 Å². The first-order chi connectivity index (χ1) is 10.2. The molecule has 0 bridgehead atoms. The third-order valence-electron chi connectivity index (χ3n) is 3.78. The number of nitrogens with one attached hydrogen (secondary N) is 2. The molecule has 0 aliphatic carbocycles. The zero-order valence-electron chi connectivity index (χ0n) is 12.0. The quantitative estimate of drug-likeness (QED) is 0.656. The molecule has 110 valence electrons. The van der Waals surface area contributed by atoms with Crippen LogP contribution in [0.2, 0.25) is 0 Å². The summed E-state index contributed by atoms with van der Waals surface area (Å²) >= 11 is 0. The lowest BCUT2D eigenvalue weighted by Gasteiger charge is -2.22. The van der Waals surface area contributed by atoms with Crippen LogP contribution in [0.1, 0.15) is 25.3 Å². The smallest absolute Gasteiger partial charge is 0.257 e. The number of rotatable bonds is 3. The Morgan fingerprint density at radius 2 is 2.33 bits per heavy atom. The highest BCUT2D eigenvalue weighted by molar-refractivity contribution is 5.90. The zero-order valence-corrected chi connectivity index (χ0v) is 12.0. The van der Waals surface area contributed by atoms with Crippen molar-refractivity contribution in [2.45, 2.75) is 31.9 Å². The van der Waals surface area contributed by atoms with Gasteiger partial charge in [-0.25, -0.2) is 5.43 Å². The average Bonchev–Trinajstić information content (AvgIpc) is 3.02. The minimum Gasteiger partial charge on any atom is -0.485 e. The van der Waals surface area contributed by atoms with Crippen molar-refractivity contribution in [1.82, 2.24) is 10.7 Å². The van der Waals surface area contributed by atoms with E-state index < -0.39 is 0 Å². The fourth-order valence-electron chi connectivity index (χ4n) is 2.56. The second-order valence-electron chi connectivity index (χ2n) is 5.33. The van der Waals surface area contributed by atoms with Crippen LogP contribution in [0, 0.1) is 0 Å². The second kappa shape index (κ2) is 6.10. The first-order valence-electron chi connectivity index (χ1n) is 7.27. The SMILES string of the molecule is CC1Oc2ccccc2C=C1C=NNC(=O)[C@@H]1CCCN1. The Bertz CT molecular complexity index is 589. The van der Waals surface area contributed by atoms with Gasteiger partial charge in [0.1, 0.15) is 11.9 Å². The maximum absolute atomic E-state index is 11.8. The van der Waals surface area contributed by atoms with E-state index in [1.54, 1.807) is 6.21 Å². The third kappa shape index (κ3) is 3.13. The molecule has 0 saturated carbocycles. The van der Waals surface area contributed by atoms with E-state index in [0.717, 1.165) is 36.3 Å². The van der Waals surface area contributed by atoms with E-state index in [1.165, 1.54) is 0 Å². The van der Waals surface area contributed by atoms with Crippen molar-refractivity contribution in [2.75, 3.05) is 6.54 Å². The van der Waals surface area contributed by atoms with Gasteiger partial charge in [-0.05, 0) is 38.5 Å². The number of hydrazone groups is 1. The van der Waals surface area contributed by atoms with Crippen LogP contribution >= 0.6 is 0 Å². The van der Waals surface area contributed by atoms with Crippen molar-refractivity contribution < 1.29 is 9.53 Å². The summed E-state index contributed by atoms with van der Waals surface area (Å²) in [6.45, 7) is 2.86. The van der Waals surface area contributed by atoms with Crippen molar-refractivity contribution in [3.8, 4) is 5.75 Å². The summed E-state index contributed by atoms with van der Waals surface area (Å²) in [6, 6.07) is 7.75. The van der Waals surface area contributed by atoms with Crippen molar-refractivity contribution in [1.29, 1.82) is 0 Å². The standard InChI is InChI=1S/C16H19N3O2/c1-11-13(9-12-5-2-3-7-15(12)21-11)10-18-19-16(20)14-6-4-8-17-14/h2-3,5,7,9-11,14,17H,4,6,8H2,1H3,(H,19,20)/t11?,14-/m0/s1. The summed E-state index contributed by atoms with van der Waals surface area (Å²) in [5.74, 6) is 0.801. The van der Waals surface area contributed by atoms with Gasteiger partial charge >= 0.3 is 0 Å². The number of carbonyl (C=O) groups excluding carboxylic acids is 1. The molecule has 1 saturated heterocycles. The lowest BCUT2D eigenvalue weighted by molar-refractivity contribution is -0.122. The largest absolute Gasteiger partial charge is 0.485 e. The summed E-state index contributed by atoms with van der Waals surface area (Å²) in [6.07, 6.45) is 5.52. The van der Waals surface area contributed by atoms with Gasteiger partial charge in [-0.2, -0.15) is 5.10 Å². The number of carbonyl (C=O) groups is 1. The Morgan fingerprint density at radius 1 is 1.48 bits per heavy atom. The number of hydrogen-bond acceptors (Lipinski definition) is 4. The molecular weight excluding hydrogens is 266 g/mol. The van der Waals surface area contributed by atoms with Crippen molar-refractivity contribution in [3.63, 3.8) is 0 Å². The van der Waals surface area contributed by atoms with Crippen LogP contribution in [0.3, 0.4) is 0 Å². The molecule has 2 aliphatic rings. The summed E-state index contributed by atoms with van der Waals surface area (Å²) in [5.41, 5.74) is 4.55. The molecule has 1 fully saturated rings. The van der Waals surface area contributed by atoms with E-state index in [2.05, 4.69) is 15.8 Å². The molecule has 2 N–H and O–H groups in total. The maximum Gasteiger partial charge on any atom is 0.257 e. The molecule has 3 rings (SSSR count). The predicted octanol–water partition coefficient (Wildman–Crippen LogP) is 1.70. The number of amides is 1. The number of benzene rings is 1. The lowest BCUT2D eigenvalue weighted by atomic mass is 10.0. The van der Waals surface area contributed by atoms with Crippen LogP contribution in [0.4, 0.5) is 0 Å². The molecule has 0 radical (unpaired) electrons. The lowest BCUT2D eigenvalue weighted by Crippen LogP contribution is -2.38. The van der Waals surface area contributed by atoms with E-state index in [1.807, 2.05) is 37.3 Å². The Kier molecular flexibility index (Phi) is 4.01. The molecule has 5 heteroatoms. The van der Waals surface area contributed by atoms with Crippen molar-refractivity contribution >= 4 is 18.2 Å². The van der Waals surface area contributed by atoms with Crippen LogP contribution in [0.15, 0.2) is 34.9 Å². The van der Waals surface area contributed by atoms with Crippen molar-refractivity contribution in [3.05, 3.63) is 35.4 Å². The Balaban J connectivity index is 1.65. The highest BCUT2D eigenvalue weighted by Gasteiger charge is 2.21. The number of hydrogen-bond donors (Lipinski definition) is 2.